The molecule has 0 atom stereocenters. The quantitative estimate of drug-likeness (QED) is 0.724. The number of carbonyl (C=O) groups is 2. The Morgan fingerprint density at radius 2 is 1.78 bits per heavy atom. The highest BCUT2D eigenvalue weighted by atomic mass is 32.1. The van der Waals surface area contributed by atoms with Crippen molar-refractivity contribution in [2.75, 3.05) is 31.1 Å². The van der Waals surface area contributed by atoms with Crippen LogP contribution >= 0.6 is 11.3 Å². The molecular formula is C19H17N3O4S. The number of hydrogen-bond acceptors (Lipinski definition) is 5. The van der Waals surface area contributed by atoms with Gasteiger partial charge in [0.15, 0.2) is 0 Å². The minimum absolute atomic E-state index is 0.0149. The van der Waals surface area contributed by atoms with E-state index in [1.165, 1.54) is 11.3 Å². The van der Waals surface area contributed by atoms with Crippen LogP contribution in [0.4, 0.5) is 5.69 Å². The van der Waals surface area contributed by atoms with Crippen LogP contribution in [0.5, 0.6) is 0 Å². The van der Waals surface area contributed by atoms with Crippen molar-refractivity contribution in [2.24, 2.45) is 0 Å². The fraction of sp³-hybridized carbons (Fsp3) is 0.211. The second kappa shape index (κ2) is 6.88. The van der Waals surface area contributed by atoms with Crippen molar-refractivity contribution in [3.63, 3.8) is 0 Å². The highest BCUT2D eigenvalue weighted by molar-refractivity contribution is 7.12. The molecule has 7 nitrogen and oxygen atoms in total. The van der Waals surface area contributed by atoms with Gasteiger partial charge in [-0.05, 0) is 17.5 Å². The lowest BCUT2D eigenvalue weighted by Gasteiger charge is -2.36. The molecule has 1 amide bonds. The van der Waals surface area contributed by atoms with Gasteiger partial charge in [-0.25, -0.2) is 4.79 Å². The summed E-state index contributed by atoms with van der Waals surface area (Å²) >= 11 is 1.40. The van der Waals surface area contributed by atoms with Crippen LogP contribution in [-0.2, 0) is 0 Å². The number of benzene rings is 1. The summed E-state index contributed by atoms with van der Waals surface area (Å²) < 4.78 is 0. The van der Waals surface area contributed by atoms with Crippen molar-refractivity contribution < 1.29 is 14.7 Å². The summed E-state index contributed by atoms with van der Waals surface area (Å²) in [6.07, 6.45) is 0. The number of piperazine rings is 1. The van der Waals surface area contributed by atoms with Crippen molar-refractivity contribution in [3.8, 4) is 0 Å². The molecule has 4 rings (SSSR count). The molecule has 1 saturated heterocycles. The number of H-pyrrole nitrogens is 1. The fourth-order valence-corrected chi connectivity index (χ4v) is 4.13. The number of amides is 1. The van der Waals surface area contributed by atoms with Gasteiger partial charge in [0.2, 0.25) is 0 Å². The van der Waals surface area contributed by atoms with E-state index in [2.05, 4.69) is 4.98 Å². The van der Waals surface area contributed by atoms with E-state index in [0.29, 0.717) is 47.6 Å². The maximum atomic E-state index is 12.5. The van der Waals surface area contributed by atoms with Gasteiger partial charge in [0.1, 0.15) is 5.56 Å². The molecule has 3 aromatic rings. The van der Waals surface area contributed by atoms with Gasteiger partial charge in [0.05, 0.1) is 16.1 Å². The molecule has 27 heavy (non-hydrogen) atoms. The third-order valence-corrected chi connectivity index (χ3v) is 5.58. The Morgan fingerprint density at radius 1 is 1.04 bits per heavy atom. The zero-order valence-corrected chi connectivity index (χ0v) is 15.2. The third-order valence-electron chi connectivity index (χ3n) is 4.72. The van der Waals surface area contributed by atoms with Gasteiger partial charge in [-0.15, -0.1) is 11.3 Å². The normalized spacial score (nSPS) is 14.5. The van der Waals surface area contributed by atoms with E-state index < -0.39 is 11.5 Å². The van der Waals surface area contributed by atoms with E-state index in [1.807, 2.05) is 22.4 Å². The molecule has 2 aromatic heterocycles. The molecule has 3 heterocycles. The molecule has 0 spiro atoms. The number of thiophene rings is 1. The van der Waals surface area contributed by atoms with Crippen molar-refractivity contribution in [2.45, 2.75) is 0 Å². The monoisotopic (exact) mass is 383 g/mol. The number of para-hydroxylation sites is 1. The second-order valence-corrected chi connectivity index (χ2v) is 7.23. The van der Waals surface area contributed by atoms with Crippen LogP contribution in [0.25, 0.3) is 10.9 Å². The first kappa shape index (κ1) is 17.3. The van der Waals surface area contributed by atoms with Crippen LogP contribution in [0, 0.1) is 0 Å². The van der Waals surface area contributed by atoms with Gasteiger partial charge in [-0.3, -0.25) is 9.59 Å². The maximum Gasteiger partial charge on any atom is 0.343 e. The van der Waals surface area contributed by atoms with Gasteiger partial charge in [0, 0.05) is 31.6 Å². The van der Waals surface area contributed by atoms with E-state index in [9.17, 15) is 19.5 Å². The fourth-order valence-electron chi connectivity index (χ4n) is 3.44. The average Bonchev–Trinajstić information content (AvgIpc) is 3.21. The molecule has 0 saturated carbocycles. The number of nitrogens with one attached hydrogen (secondary N) is 1. The number of pyridine rings is 1. The predicted octanol–water partition coefficient (Wildman–Crippen LogP) is 2.25. The van der Waals surface area contributed by atoms with E-state index >= 15 is 0 Å². The molecular weight excluding hydrogens is 366 g/mol. The van der Waals surface area contributed by atoms with Gasteiger partial charge in [0.25, 0.3) is 11.5 Å². The van der Waals surface area contributed by atoms with Crippen molar-refractivity contribution in [1.82, 2.24) is 9.88 Å². The Morgan fingerprint density at radius 3 is 2.44 bits per heavy atom. The Bertz CT molecular complexity index is 1070. The molecule has 1 aliphatic heterocycles. The number of carboxylic acids is 1. The number of aromatic nitrogens is 1. The molecule has 1 fully saturated rings. The summed E-state index contributed by atoms with van der Waals surface area (Å²) in [5, 5.41) is 12.1. The van der Waals surface area contributed by atoms with Gasteiger partial charge in [-0.2, -0.15) is 0 Å². The molecule has 0 unspecified atom stereocenters. The van der Waals surface area contributed by atoms with Crippen molar-refractivity contribution >= 4 is 39.8 Å². The van der Waals surface area contributed by atoms with E-state index in [1.54, 1.807) is 29.2 Å². The predicted molar refractivity (Wildman–Crippen MR) is 104 cm³/mol. The number of carboxylic acid groups (broad SMARTS) is 1. The summed E-state index contributed by atoms with van der Waals surface area (Å²) in [7, 11) is 0. The number of fused-ring (bicyclic) bond motifs is 1. The molecule has 138 valence electrons. The maximum absolute atomic E-state index is 12.5. The van der Waals surface area contributed by atoms with E-state index in [4.69, 9.17) is 0 Å². The number of rotatable bonds is 3. The lowest BCUT2D eigenvalue weighted by atomic mass is 10.1. The molecule has 0 aliphatic carbocycles. The number of carbonyl (C=O) groups excluding carboxylic acids is 1. The van der Waals surface area contributed by atoms with Crippen LogP contribution < -0.4 is 10.5 Å². The number of hydrogen-bond donors (Lipinski definition) is 2. The smallest absolute Gasteiger partial charge is 0.343 e. The summed E-state index contributed by atoms with van der Waals surface area (Å²) in [6.45, 7) is 1.86. The molecule has 1 aliphatic rings. The van der Waals surface area contributed by atoms with Crippen LogP contribution in [0.2, 0.25) is 0 Å². The van der Waals surface area contributed by atoms with E-state index in [-0.39, 0.29) is 11.5 Å². The minimum Gasteiger partial charge on any atom is -0.477 e. The zero-order chi connectivity index (χ0) is 19.0. The summed E-state index contributed by atoms with van der Waals surface area (Å²) in [4.78, 5) is 43.6. The second-order valence-electron chi connectivity index (χ2n) is 6.29. The molecule has 0 bridgehead atoms. The SMILES string of the molecule is O=C(O)c1c(N2CCN(C(=O)c3cccs3)CC2)c2ccccc2[nH]c1=O. The Kier molecular flexibility index (Phi) is 4.41. The lowest BCUT2D eigenvalue weighted by molar-refractivity contribution is 0.0691. The molecule has 1 aromatic carbocycles. The Balaban J connectivity index is 1.68. The highest BCUT2D eigenvalue weighted by Crippen LogP contribution is 2.29. The first-order chi connectivity index (χ1) is 13.1. The van der Waals surface area contributed by atoms with Crippen LogP contribution in [0.1, 0.15) is 20.0 Å². The number of aromatic amines is 1. The topological polar surface area (TPSA) is 93.7 Å². The van der Waals surface area contributed by atoms with Crippen LogP contribution in [0.3, 0.4) is 0 Å². The van der Waals surface area contributed by atoms with Gasteiger partial charge in [-0.1, -0.05) is 24.3 Å². The minimum atomic E-state index is -1.26. The van der Waals surface area contributed by atoms with Crippen LogP contribution in [-0.4, -0.2) is 53.0 Å². The molecule has 0 radical (unpaired) electrons. The number of nitrogens with zero attached hydrogens (tertiary/aromatic N) is 2. The lowest BCUT2D eigenvalue weighted by Crippen LogP contribution is -2.49. The van der Waals surface area contributed by atoms with Crippen LogP contribution in [0.15, 0.2) is 46.6 Å². The highest BCUT2D eigenvalue weighted by Gasteiger charge is 2.28. The zero-order valence-electron chi connectivity index (χ0n) is 14.3. The van der Waals surface area contributed by atoms with Crippen molar-refractivity contribution in [1.29, 1.82) is 0 Å². The van der Waals surface area contributed by atoms with Gasteiger partial charge < -0.3 is 19.9 Å². The first-order valence-electron chi connectivity index (χ1n) is 8.52. The third kappa shape index (κ3) is 3.08. The number of aromatic carboxylic acids is 1. The molecule has 2 N–H and O–H groups in total. The van der Waals surface area contributed by atoms with Gasteiger partial charge >= 0.3 is 5.97 Å². The summed E-state index contributed by atoms with van der Waals surface area (Å²) in [5.74, 6) is -1.27. The average molecular weight is 383 g/mol. The molecule has 8 heteroatoms. The van der Waals surface area contributed by atoms with E-state index in [0.717, 1.165) is 0 Å². The summed E-state index contributed by atoms with van der Waals surface area (Å²) in [5.41, 5.74) is 0.143. The standard InChI is InChI=1S/C19H17N3O4S/c23-17-15(19(25)26)16(12-4-1-2-5-13(12)20-17)21-7-9-22(10-8-21)18(24)14-6-3-11-27-14/h1-6,11H,7-10H2,(H,20,23)(H,25,26). The first-order valence-corrected chi connectivity index (χ1v) is 9.40. The van der Waals surface area contributed by atoms with Crippen molar-refractivity contribution in [3.05, 3.63) is 62.6 Å². The number of anilines is 1. The Hall–Kier alpha value is -3.13. The summed E-state index contributed by atoms with van der Waals surface area (Å²) in [6, 6.07) is 10.8. The largest absolute Gasteiger partial charge is 0.477 e. The Labute approximate surface area is 158 Å².